The fourth-order valence-electron chi connectivity index (χ4n) is 4.71. The molecule has 0 unspecified atom stereocenters. The van der Waals surface area contributed by atoms with E-state index in [0.29, 0.717) is 10.2 Å². The number of aromatic nitrogens is 2. The molecule has 1 aliphatic heterocycles. The Morgan fingerprint density at radius 2 is 1.79 bits per heavy atom. The number of carbonyl (C=O) groups is 1. The van der Waals surface area contributed by atoms with Crippen LogP contribution >= 0.6 is 15.9 Å². The number of hydrogen-bond donors (Lipinski definition) is 0. The number of benzene rings is 2. The first kappa shape index (κ1) is 30.3. The summed E-state index contributed by atoms with van der Waals surface area (Å²) >= 11 is 3.42. The first-order chi connectivity index (χ1) is 20.3. The third-order valence-corrected chi connectivity index (χ3v) is 7.25. The number of amides is 1. The molecule has 226 valence electrons. The van der Waals surface area contributed by atoms with Crippen molar-refractivity contribution in [3.8, 4) is 11.5 Å². The summed E-state index contributed by atoms with van der Waals surface area (Å²) < 4.78 is 52.2. The second-order valence-corrected chi connectivity index (χ2v) is 11.8. The van der Waals surface area contributed by atoms with Crippen molar-refractivity contribution < 1.29 is 27.1 Å². The van der Waals surface area contributed by atoms with Crippen LogP contribution < -0.4 is 20.7 Å². The molecule has 0 atom stereocenters. The Morgan fingerprint density at radius 1 is 1.07 bits per heavy atom. The summed E-state index contributed by atoms with van der Waals surface area (Å²) in [5, 5.41) is 6.82. The summed E-state index contributed by atoms with van der Waals surface area (Å²) in [6.45, 7) is 6.33. The third-order valence-electron chi connectivity index (χ3n) is 6.75. The molecule has 1 fully saturated rings. The van der Waals surface area contributed by atoms with Gasteiger partial charge in [-0.1, -0.05) is 28.1 Å². The molecule has 0 bridgehead atoms. The van der Waals surface area contributed by atoms with Crippen molar-refractivity contribution in [2.75, 3.05) is 36.0 Å². The van der Waals surface area contributed by atoms with Crippen LogP contribution in [-0.4, -0.2) is 53.0 Å². The van der Waals surface area contributed by atoms with Gasteiger partial charge in [0.1, 0.15) is 22.8 Å². The standard InChI is InChI=1S/C29H27BrF3N5O5/c1-29(2,3)43-28(41)37-11-9-36(10-12-37)21-22(24(40)23(21)39)38(19-6-4-5-18(30)14-19)15-17-8-7-16(13-20(17)31)26-34-35-27(42-26)25(32)33/h4-8,13-14,25H,9-12,15H2,1-3H3. The van der Waals surface area contributed by atoms with Crippen LogP contribution in [0.2, 0.25) is 0 Å². The van der Waals surface area contributed by atoms with E-state index in [1.54, 1.807) is 59.7 Å². The maximum atomic E-state index is 15.4. The molecular formula is C29H27BrF3N5O5. The van der Waals surface area contributed by atoms with Crippen LogP contribution in [0.1, 0.15) is 38.7 Å². The molecule has 1 amide bonds. The number of nitrogens with zero attached hydrogens (tertiary/aromatic N) is 5. The fraction of sp³-hybridized carbons (Fsp3) is 0.345. The van der Waals surface area contributed by atoms with Gasteiger partial charge in [-0.25, -0.2) is 9.18 Å². The quantitative estimate of drug-likeness (QED) is 0.235. The van der Waals surface area contributed by atoms with Gasteiger partial charge in [0.05, 0.1) is 6.54 Å². The van der Waals surface area contributed by atoms with Crippen LogP contribution in [0.4, 0.5) is 35.0 Å². The normalized spacial score (nSPS) is 14.0. The van der Waals surface area contributed by atoms with Crippen LogP contribution in [0.5, 0.6) is 0 Å². The van der Waals surface area contributed by atoms with Gasteiger partial charge in [0.25, 0.3) is 16.7 Å². The molecular weight excluding hydrogens is 635 g/mol. The third kappa shape index (κ3) is 6.43. The van der Waals surface area contributed by atoms with Gasteiger partial charge >= 0.3 is 12.5 Å². The first-order valence-corrected chi connectivity index (χ1v) is 14.1. The van der Waals surface area contributed by atoms with Gasteiger partial charge < -0.3 is 23.9 Å². The number of halogens is 4. The lowest BCUT2D eigenvalue weighted by molar-refractivity contribution is 0.0240. The Labute approximate surface area is 252 Å². The van der Waals surface area contributed by atoms with Gasteiger partial charge in [-0.05, 0) is 51.1 Å². The number of carbonyl (C=O) groups excluding carboxylic acids is 1. The molecule has 1 aliphatic rings. The number of ether oxygens (including phenoxy) is 1. The van der Waals surface area contributed by atoms with E-state index in [4.69, 9.17) is 9.15 Å². The highest BCUT2D eigenvalue weighted by atomic mass is 79.9. The highest BCUT2D eigenvalue weighted by Crippen LogP contribution is 2.35. The minimum absolute atomic E-state index is 0.104. The van der Waals surface area contributed by atoms with Gasteiger partial charge in [-0.3, -0.25) is 9.59 Å². The average molecular weight is 662 g/mol. The SMILES string of the molecule is CC(C)(C)OC(=O)N1CCN(c2c(N(Cc3ccc(-c4nnc(C(F)F)o4)cc3F)c3cccc(Br)c3)c(=O)c2=O)CC1. The summed E-state index contributed by atoms with van der Waals surface area (Å²) in [6, 6.07) is 10.9. The Hall–Kier alpha value is -4.20. The fourth-order valence-corrected chi connectivity index (χ4v) is 5.10. The maximum absolute atomic E-state index is 15.4. The second-order valence-electron chi connectivity index (χ2n) is 10.9. The number of hydrogen-bond acceptors (Lipinski definition) is 9. The molecule has 14 heteroatoms. The molecule has 10 nitrogen and oxygen atoms in total. The number of anilines is 3. The van der Waals surface area contributed by atoms with Crippen LogP contribution in [0, 0.1) is 5.82 Å². The molecule has 0 N–H and O–H groups in total. The van der Waals surface area contributed by atoms with Crippen LogP contribution in [0.25, 0.3) is 11.5 Å². The maximum Gasteiger partial charge on any atom is 0.410 e. The number of rotatable bonds is 7. The molecule has 1 saturated heterocycles. The van der Waals surface area contributed by atoms with E-state index in [-0.39, 0.29) is 61.1 Å². The van der Waals surface area contributed by atoms with Crippen molar-refractivity contribution in [1.82, 2.24) is 15.1 Å². The molecule has 4 aromatic rings. The molecule has 2 heterocycles. The van der Waals surface area contributed by atoms with Crippen LogP contribution in [-0.2, 0) is 11.3 Å². The summed E-state index contributed by atoms with van der Waals surface area (Å²) in [5.74, 6) is -1.85. The first-order valence-electron chi connectivity index (χ1n) is 13.3. The predicted molar refractivity (Wildman–Crippen MR) is 156 cm³/mol. The highest BCUT2D eigenvalue weighted by Gasteiger charge is 2.34. The van der Waals surface area contributed by atoms with E-state index >= 15 is 4.39 Å². The van der Waals surface area contributed by atoms with E-state index in [9.17, 15) is 23.2 Å². The van der Waals surface area contributed by atoms with Crippen molar-refractivity contribution >= 4 is 39.1 Å². The highest BCUT2D eigenvalue weighted by molar-refractivity contribution is 9.10. The molecule has 5 rings (SSSR count). The zero-order valence-electron chi connectivity index (χ0n) is 23.4. The Kier molecular flexibility index (Phi) is 8.32. The van der Waals surface area contributed by atoms with Gasteiger partial charge in [-0.2, -0.15) is 8.78 Å². The zero-order chi connectivity index (χ0) is 31.1. The molecule has 0 aliphatic carbocycles. The van der Waals surface area contributed by atoms with Crippen molar-refractivity contribution in [3.05, 3.63) is 84.7 Å². The van der Waals surface area contributed by atoms with E-state index in [1.807, 2.05) is 0 Å². The Bertz CT molecular complexity index is 1720. The van der Waals surface area contributed by atoms with Crippen molar-refractivity contribution in [2.24, 2.45) is 0 Å². The number of alkyl halides is 2. The molecule has 0 saturated carbocycles. The van der Waals surface area contributed by atoms with Crippen LogP contribution in [0.3, 0.4) is 0 Å². The summed E-state index contributed by atoms with van der Waals surface area (Å²) in [4.78, 5) is 43.3. The Balaban J connectivity index is 1.44. The van der Waals surface area contributed by atoms with Gasteiger partial charge in [-0.15, -0.1) is 10.2 Å². The van der Waals surface area contributed by atoms with Crippen molar-refractivity contribution in [2.45, 2.75) is 39.3 Å². The molecule has 3 aromatic carbocycles. The number of piperazine rings is 1. The monoisotopic (exact) mass is 661 g/mol. The minimum atomic E-state index is -2.96. The lowest BCUT2D eigenvalue weighted by atomic mass is 10.1. The molecule has 1 aromatic heterocycles. The minimum Gasteiger partial charge on any atom is -0.444 e. The van der Waals surface area contributed by atoms with E-state index < -0.39 is 40.7 Å². The van der Waals surface area contributed by atoms with Gasteiger partial charge in [0.2, 0.25) is 5.89 Å². The average Bonchev–Trinajstić information content (AvgIpc) is 3.45. The molecule has 43 heavy (non-hydrogen) atoms. The smallest absolute Gasteiger partial charge is 0.410 e. The lowest BCUT2D eigenvalue weighted by Crippen LogP contribution is -2.54. The Morgan fingerprint density at radius 3 is 2.40 bits per heavy atom. The van der Waals surface area contributed by atoms with Gasteiger partial charge in [0, 0.05) is 47.5 Å². The molecule has 0 spiro atoms. The lowest BCUT2D eigenvalue weighted by Gasteiger charge is -2.39. The van der Waals surface area contributed by atoms with E-state index in [0.717, 1.165) is 6.07 Å². The van der Waals surface area contributed by atoms with Crippen LogP contribution in [0.15, 0.2) is 60.9 Å². The van der Waals surface area contributed by atoms with E-state index in [1.165, 1.54) is 12.1 Å². The van der Waals surface area contributed by atoms with Gasteiger partial charge in [0.15, 0.2) is 0 Å². The van der Waals surface area contributed by atoms with E-state index in [2.05, 4.69) is 26.1 Å². The zero-order valence-corrected chi connectivity index (χ0v) is 25.0. The topological polar surface area (TPSA) is 109 Å². The second kappa shape index (κ2) is 11.8. The van der Waals surface area contributed by atoms with Crippen molar-refractivity contribution in [3.63, 3.8) is 0 Å². The van der Waals surface area contributed by atoms with Crippen molar-refractivity contribution in [1.29, 1.82) is 0 Å². The molecule has 0 radical (unpaired) electrons. The largest absolute Gasteiger partial charge is 0.444 e. The summed E-state index contributed by atoms with van der Waals surface area (Å²) in [6.07, 6.45) is -3.42. The summed E-state index contributed by atoms with van der Waals surface area (Å²) in [7, 11) is 0. The summed E-state index contributed by atoms with van der Waals surface area (Å²) in [5.41, 5.74) is -0.949. The predicted octanol–water partition coefficient (Wildman–Crippen LogP) is 5.57.